The third-order valence-corrected chi connectivity index (χ3v) is 7.13. The van der Waals surface area contributed by atoms with Crippen LogP contribution in [0.25, 0.3) is 10.9 Å². The van der Waals surface area contributed by atoms with Gasteiger partial charge in [0.05, 0.1) is 5.52 Å². The fourth-order valence-corrected chi connectivity index (χ4v) is 4.98. The van der Waals surface area contributed by atoms with Gasteiger partial charge in [0.25, 0.3) is 0 Å². The number of benzene rings is 4. The maximum atomic E-state index is 13.5. The van der Waals surface area contributed by atoms with Crippen LogP contribution in [0.3, 0.4) is 0 Å². The zero-order chi connectivity index (χ0) is 33.2. The van der Waals surface area contributed by atoms with Gasteiger partial charge in [0.2, 0.25) is 0 Å². The monoisotopic (exact) mass is 634 g/mol. The molecule has 9 heteroatoms. The molecular formula is C38H38N2O7. The molecule has 0 aliphatic carbocycles. The van der Waals surface area contributed by atoms with Gasteiger partial charge < -0.3 is 24.3 Å². The zero-order valence-electron chi connectivity index (χ0n) is 26.7. The van der Waals surface area contributed by atoms with Crippen LogP contribution in [0.2, 0.25) is 0 Å². The molecular weight excluding hydrogens is 596 g/mol. The molecule has 9 nitrogen and oxygen atoms in total. The number of nitrogens with one attached hydrogen (secondary N) is 1. The predicted molar refractivity (Wildman–Crippen MR) is 178 cm³/mol. The topological polar surface area (TPSA) is 105 Å². The van der Waals surface area contributed by atoms with Crippen LogP contribution in [0.5, 0.6) is 5.75 Å². The summed E-state index contributed by atoms with van der Waals surface area (Å²) in [4.78, 5) is 39.9. The zero-order valence-corrected chi connectivity index (χ0v) is 26.7. The maximum absolute atomic E-state index is 13.5. The SMILES string of the molecule is CC(C)(C)OC(=O)N[C@@H](Cc1cn(C(=O)OCc2ccccc2)c2cccc(OCc3ccccc3)c12)C(=O)OCc1ccccc1. The second-order valence-electron chi connectivity index (χ2n) is 12.0. The van der Waals surface area contributed by atoms with Crippen LogP contribution in [-0.2, 0) is 45.2 Å². The van der Waals surface area contributed by atoms with Crippen molar-refractivity contribution in [1.29, 1.82) is 0 Å². The number of esters is 1. The number of carbonyl (C=O) groups is 3. The molecule has 5 rings (SSSR count). The minimum absolute atomic E-state index is 0.0190. The van der Waals surface area contributed by atoms with E-state index in [1.165, 1.54) is 4.57 Å². The summed E-state index contributed by atoms with van der Waals surface area (Å²) in [7, 11) is 0. The van der Waals surface area contributed by atoms with E-state index >= 15 is 0 Å². The predicted octanol–water partition coefficient (Wildman–Crippen LogP) is 7.58. The van der Waals surface area contributed by atoms with Gasteiger partial charge in [0.1, 0.15) is 37.2 Å². The molecule has 242 valence electrons. The van der Waals surface area contributed by atoms with Gasteiger partial charge in [-0.2, -0.15) is 0 Å². The number of ether oxygens (including phenoxy) is 4. The first-order valence-corrected chi connectivity index (χ1v) is 15.4. The van der Waals surface area contributed by atoms with E-state index in [9.17, 15) is 14.4 Å². The largest absolute Gasteiger partial charge is 0.488 e. The standard InChI is InChI=1S/C38H38N2O7/c1-38(2,3)47-36(42)39-31(35(41)45-25-28-16-9-5-10-17-28)22-30-23-40(37(43)46-26-29-18-11-6-12-19-29)32-20-13-21-33(34(30)32)44-24-27-14-7-4-8-15-27/h4-21,23,31H,22,24-26H2,1-3H3,(H,39,42)/t31-/m0/s1. The van der Waals surface area contributed by atoms with Crippen LogP contribution in [0, 0.1) is 0 Å². The molecule has 1 atom stereocenters. The minimum Gasteiger partial charge on any atom is -0.488 e. The molecule has 0 aliphatic rings. The third kappa shape index (κ3) is 9.23. The fourth-order valence-electron chi connectivity index (χ4n) is 4.98. The van der Waals surface area contributed by atoms with Gasteiger partial charge in [-0.3, -0.25) is 4.57 Å². The van der Waals surface area contributed by atoms with Crippen molar-refractivity contribution in [1.82, 2.24) is 9.88 Å². The van der Waals surface area contributed by atoms with Crippen molar-refractivity contribution >= 4 is 29.1 Å². The van der Waals surface area contributed by atoms with Gasteiger partial charge in [-0.15, -0.1) is 0 Å². The van der Waals surface area contributed by atoms with Gasteiger partial charge in [-0.1, -0.05) is 97.1 Å². The Bertz CT molecular complexity index is 1800. The van der Waals surface area contributed by atoms with E-state index in [-0.39, 0.29) is 26.2 Å². The molecule has 1 N–H and O–H groups in total. The molecule has 0 aliphatic heterocycles. The first kappa shape index (κ1) is 32.8. The molecule has 0 bridgehead atoms. The van der Waals surface area contributed by atoms with E-state index in [1.54, 1.807) is 45.2 Å². The van der Waals surface area contributed by atoms with Crippen LogP contribution in [0.4, 0.5) is 9.59 Å². The van der Waals surface area contributed by atoms with Crippen molar-refractivity contribution < 1.29 is 33.3 Å². The Morgan fingerprint density at radius 1 is 0.702 bits per heavy atom. The van der Waals surface area contributed by atoms with Gasteiger partial charge in [0, 0.05) is 18.0 Å². The summed E-state index contributed by atoms with van der Waals surface area (Å²) in [5, 5.41) is 3.29. The molecule has 1 aromatic heterocycles. The van der Waals surface area contributed by atoms with E-state index in [0.29, 0.717) is 22.2 Å². The van der Waals surface area contributed by atoms with Crippen molar-refractivity contribution in [2.24, 2.45) is 0 Å². The average Bonchev–Trinajstić information content (AvgIpc) is 3.44. The van der Waals surface area contributed by atoms with Gasteiger partial charge in [0.15, 0.2) is 0 Å². The number of nitrogens with zero attached hydrogens (tertiary/aromatic N) is 1. The Hall–Kier alpha value is -5.57. The highest BCUT2D eigenvalue weighted by Gasteiger charge is 2.29. The van der Waals surface area contributed by atoms with Crippen molar-refractivity contribution in [3.63, 3.8) is 0 Å². The minimum atomic E-state index is -1.14. The molecule has 0 unspecified atom stereocenters. The molecule has 0 radical (unpaired) electrons. The summed E-state index contributed by atoms with van der Waals surface area (Å²) in [6, 6.07) is 32.6. The van der Waals surface area contributed by atoms with Gasteiger partial charge in [-0.05, 0) is 55.2 Å². The lowest BCUT2D eigenvalue weighted by atomic mass is 10.0. The van der Waals surface area contributed by atoms with Crippen molar-refractivity contribution in [3.8, 4) is 5.75 Å². The fraction of sp³-hybridized carbons (Fsp3) is 0.237. The van der Waals surface area contributed by atoms with Crippen molar-refractivity contribution in [3.05, 3.63) is 138 Å². The van der Waals surface area contributed by atoms with Crippen LogP contribution in [-0.4, -0.2) is 34.4 Å². The highest BCUT2D eigenvalue weighted by atomic mass is 16.6. The van der Waals surface area contributed by atoms with E-state index in [4.69, 9.17) is 18.9 Å². The third-order valence-electron chi connectivity index (χ3n) is 7.13. The lowest BCUT2D eigenvalue weighted by Crippen LogP contribution is -2.45. The lowest BCUT2D eigenvalue weighted by Gasteiger charge is -2.23. The van der Waals surface area contributed by atoms with Gasteiger partial charge in [-0.25, -0.2) is 14.4 Å². The Labute approximate surface area is 274 Å². The molecule has 0 saturated heterocycles. The summed E-state index contributed by atoms with van der Waals surface area (Å²) in [5.74, 6) is -0.153. The van der Waals surface area contributed by atoms with Crippen LogP contribution in [0.1, 0.15) is 43.0 Å². The van der Waals surface area contributed by atoms with Gasteiger partial charge >= 0.3 is 18.2 Å². The number of hydrogen-bond donors (Lipinski definition) is 1. The summed E-state index contributed by atoms with van der Waals surface area (Å²) in [5.41, 5.74) is 2.90. The number of rotatable bonds is 11. The number of fused-ring (bicyclic) bond motifs is 1. The molecule has 5 aromatic rings. The average molecular weight is 635 g/mol. The summed E-state index contributed by atoms with van der Waals surface area (Å²) < 4.78 is 24.4. The van der Waals surface area contributed by atoms with Crippen LogP contribution < -0.4 is 10.1 Å². The normalized spacial score (nSPS) is 11.8. The number of amides is 1. The highest BCUT2D eigenvalue weighted by molar-refractivity contribution is 5.96. The highest BCUT2D eigenvalue weighted by Crippen LogP contribution is 2.33. The number of alkyl carbamates (subject to hydrolysis) is 1. The Balaban J connectivity index is 1.48. The van der Waals surface area contributed by atoms with Crippen LogP contribution in [0.15, 0.2) is 115 Å². The molecule has 47 heavy (non-hydrogen) atoms. The Kier molecular flexibility index (Phi) is 10.6. The molecule has 1 amide bonds. The Morgan fingerprint density at radius 3 is 1.83 bits per heavy atom. The molecule has 1 heterocycles. The Morgan fingerprint density at radius 2 is 1.26 bits per heavy atom. The maximum Gasteiger partial charge on any atom is 0.418 e. The first-order valence-electron chi connectivity index (χ1n) is 15.4. The van der Waals surface area contributed by atoms with E-state index in [1.807, 2.05) is 91.0 Å². The number of aromatic nitrogens is 1. The van der Waals surface area contributed by atoms with Crippen LogP contribution >= 0.6 is 0 Å². The summed E-state index contributed by atoms with van der Waals surface area (Å²) in [6.07, 6.45) is 0.217. The summed E-state index contributed by atoms with van der Waals surface area (Å²) >= 11 is 0. The molecule has 0 spiro atoms. The van der Waals surface area contributed by atoms with Crippen molar-refractivity contribution in [2.75, 3.05) is 0 Å². The van der Waals surface area contributed by atoms with E-state index < -0.39 is 29.8 Å². The smallest absolute Gasteiger partial charge is 0.418 e. The second kappa shape index (κ2) is 15.1. The van der Waals surface area contributed by atoms with Crippen molar-refractivity contribution in [2.45, 2.75) is 58.7 Å². The molecule has 0 saturated carbocycles. The first-order chi connectivity index (χ1) is 22.7. The van der Waals surface area contributed by atoms with E-state index in [0.717, 1.165) is 16.7 Å². The molecule has 0 fully saturated rings. The summed E-state index contributed by atoms with van der Waals surface area (Å²) in [6.45, 7) is 5.58. The van der Waals surface area contributed by atoms with E-state index in [2.05, 4.69) is 5.32 Å². The quantitative estimate of drug-likeness (QED) is 0.118. The number of carbonyl (C=O) groups excluding carboxylic acids is 3. The second-order valence-corrected chi connectivity index (χ2v) is 12.0. The molecule has 4 aromatic carbocycles. The lowest BCUT2D eigenvalue weighted by molar-refractivity contribution is -0.147. The number of hydrogen-bond acceptors (Lipinski definition) is 7.